The highest BCUT2D eigenvalue weighted by atomic mass is 32.2. The zero-order valence-corrected chi connectivity index (χ0v) is 29.5. The number of anilines is 2. The van der Waals surface area contributed by atoms with E-state index >= 15 is 0 Å². The van der Waals surface area contributed by atoms with E-state index in [2.05, 4.69) is 20.9 Å². The summed E-state index contributed by atoms with van der Waals surface area (Å²) in [5, 5.41) is 10.6. The molecule has 5 rings (SSSR count). The van der Waals surface area contributed by atoms with Crippen molar-refractivity contribution in [2.45, 2.75) is 23.5 Å². The van der Waals surface area contributed by atoms with Gasteiger partial charge in [-0.1, -0.05) is 49.4 Å². The van der Waals surface area contributed by atoms with Crippen molar-refractivity contribution in [3.63, 3.8) is 0 Å². The molecule has 256 valence electrons. The van der Waals surface area contributed by atoms with Crippen LogP contribution in [0.2, 0.25) is 0 Å². The van der Waals surface area contributed by atoms with Crippen molar-refractivity contribution in [2.75, 3.05) is 32.0 Å². The highest BCUT2D eigenvalue weighted by Crippen LogP contribution is 2.32. The van der Waals surface area contributed by atoms with Crippen molar-refractivity contribution >= 4 is 57.7 Å². The van der Waals surface area contributed by atoms with E-state index in [1.807, 2.05) is 42.6 Å². The topological polar surface area (TPSA) is 128 Å². The first-order valence-corrected chi connectivity index (χ1v) is 17.3. The van der Waals surface area contributed by atoms with E-state index in [4.69, 9.17) is 14.2 Å². The second-order valence-corrected chi connectivity index (χ2v) is 12.9. The lowest BCUT2D eigenvalue weighted by atomic mass is 10.1. The van der Waals surface area contributed by atoms with Gasteiger partial charge in [0.1, 0.15) is 11.4 Å². The fourth-order valence-electron chi connectivity index (χ4n) is 4.82. The maximum Gasteiger partial charge on any atom is 0.272 e. The van der Waals surface area contributed by atoms with Crippen molar-refractivity contribution in [2.24, 2.45) is 0 Å². The molecule has 0 radical (unpaired) electrons. The minimum Gasteiger partial charge on any atom is -0.497 e. The van der Waals surface area contributed by atoms with E-state index in [0.29, 0.717) is 39.9 Å². The standard InChI is InChI=1S/C38H36N4O6S2/c1-5-34(37(45)42-38-41-31(23-49-38)26-13-9-15-28(21-26)46-2)50-29-16-10-14-27(22-29)39-36(44)30(40-35(43)25-11-7-6-8-12-25)19-24-17-18-32(47-3)33(20-24)48-4/h6-23,34H,5H2,1-4H3,(H,39,44)(H,40,43)(H,41,42,45)/b30-19+. The number of aromatic nitrogens is 1. The summed E-state index contributed by atoms with van der Waals surface area (Å²) in [6.07, 6.45) is 2.12. The van der Waals surface area contributed by atoms with Crippen LogP contribution in [0.4, 0.5) is 10.8 Å². The zero-order chi connectivity index (χ0) is 35.5. The number of thiazole rings is 1. The molecular formula is C38H36N4O6S2. The second-order valence-electron chi connectivity index (χ2n) is 10.7. The van der Waals surface area contributed by atoms with Gasteiger partial charge in [0.2, 0.25) is 5.91 Å². The lowest BCUT2D eigenvalue weighted by molar-refractivity contribution is -0.116. The predicted molar refractivity (Wildman–Crippen MR) is 199 cm³/mol. The predicted octanol–water partition coefficient (Wildman–Crippen LogP) is 7.75. The van der Waals surface area contributed by atoms with E-state index in [0.717, 1.165) is 21.9 Å². The van der Waals surface area contributed by atoms with Gasteiger partial charge in [0.15, 0.2) is 16.6 Å². The maximum absolute atomic E-state index is 13.7. The molecule has 10 nitrogen and oxygen atoms in total. The third-order valence-corrected chi connectivity index (χ3v) is 9.50. The van der Waals surface area contributed by atoms with Crippen molar-refractivity contribution in [1.29, 1.82) is 0 Å². The van der Waals surface area contributed by atoms with Gasteiger partial charge in [-0.05, 0) is 72.7 Å². The average Bonchev–Trinajstić information content (AvgIpc) is 3.62. The molecule has 1 unspecified atom stereocenters. The molecule has 0 aliphatic heterocycles. The van der Waals surface area contributed by atoms with E-state index < -0.39 is 17.1 Å². The Kier molecular flexibility index (Phi) is 12.3. The Labute approximate surface area is 298 Å². The molecule has 4 aromatic carbocycles. The van der Waals surface area contributed by atoms with Crippen molar-refractivity contribution in [3.05, 3.63) is 119 Å². The zero-order valence-electron chi connectivity index (χ0n) is 27.9. The molecule has 1 atom stereocenters. The van der Waals surface area contributed by atoms with Gasteiger partial charge in [0.05, 0.1) is 32.3 Å². The van der Waals surface area contributed by atoms with Gasteiger partial charge in [-0.3, -0.25) is 14.4 Å². The van der Waals surface area contributed by atoms with Crippen LogP contribution in [-0.2, 0) is 9.59 Å². The van der Waals surface area contributed by atoms with Gasteiger partial charge < -0.3 is 30.2 Å². The molecule has 3 N–H and O–H groups in total. The first-order valence-electron chi connectivity index (χ1n) is 15.6. The van der Waals surface area contributed by atoms with Crippen LogP contribution >= 0.6 is 23.1 Å². The lowest BCUT2D eigenvalue weighted by Gasteiger charge is -2.15. The number of amides is 3. The largest absolute Gasteiger partial charge is 0.497 e. The number of hydrogen-bond donors (Lipinski definition) is 3. The molecule has 0 aliphatic carbocycles. The third kappa shape index (κ3) is 9.30. The average molecular weight is 709 g/mol. The summed E-state index contributed by atoms with van der Waals surface area (Å²) in [7, 11) is 4.67. The summed E-state index contributed by atoms with van der Waals surface area (Å²) in [6, 6.07) is 28.6. The van der Waals surface area contributed by atoms with Crippen molar-refractivity contribution < 1.29 is 28.6 Å². The number of hydrogen-bond acceptors (Lipinski definition) is 9. The quantitative estimate of drug-likeness (QED) is 0.0790. The van der Waals surface area contributed by atoms with Gasteiger partial charge >= 0.3 is 0 Å². The van der Waals surface area contributed by atoms with Crippen LogP contribution in [0.25, 0.3) is 17.3 Å². The minimum absolute atomic E-state index is 0.0201. The Balaban J connectivity index is 1.30. The molecule has 0 aliphatic rings. The highest BCUT2D eigenvalue weighted by Gasteiger charge is 2.21. The summed E-state index contributed by atoms with van der Waals surface area (Å²) in [5.74, 6) is 0.575. The number of methoxy groups -OCH3 is 3. The van der Waals surface area contributed by atoms with E-state index in [9.17, 15) is 14.4 Å². The van der Waals surface area contributed by atoms with Crippen LogP contribution in [0, 0.1) is 0 Å². The van der Waals surface area contributed by atoms with E-state index in [-0.39, 0.29) is 11.6 Å². The number of carbonyl (C=O) groups is 3. The SMILES string of the molecule is CCC(Sc1cccc(NC(=O)/C(=C\c2ccc(OC)c(OC)c2)NC(=O)c2ccccc2)c1)C(=O)Nc1nc(-c2cccc(OC)c2)cs1. The molecule has 3 amide bonds. The van der Waals surface area contributed by atoms with E-state index in [1.165, 1.54) is 37.3 Å². The fraction of sp³-hybridized carbons (Fsp3) is 0.158. The Hall–Kier alpha value is -5.59. The Morgan fingerprint density at radius 1 is 0.840 bits per heavy atom. The Morgan fingerprint density at radius 2 is 1.62 bits per heavy atom. The molecule has 1 heterocycles. The number of benzene rings is 4. The minimum atomic E-state index is -0.536. The fourth-order valence-corrected chi connectivity index (χ4v) is 6.55. The molecule has 0 spiro atoms. The normalized spacial score (nSPS) is 11.6. The summed E-state index contributed by atoms with van der Waals surface area (Å²) >= 11 is 2.73. The number of nitrogens with zero attached hydrogens (tertiary/aromatic N) is 1. The molecule has 0 saturated heterocycles. The molecule has 0 saturated carbocycles. The molecular weight excluding hydrogens is 673 g/mol. The van der Waals surface area contributed by atoms with Gasteiger partial charge in [0, 0.05) is 27.1 Å². The van der Waals surface area contributed by atoms with Gasteiger partial charge in [0.25, 0.3) is 11.8 Å². The summed E-state index contributed by atoms with van der Waals surface area (Å²) in [5.41, 5.74) is 3.15. The van der Waals surface area contributed by atoms with Crippen molar-refractivity contribution in [1.82, 2.24) is 10.3 Å². The summed E-state index contributed by atoms with van der Waals surface area (Å²) < 4.78 is 16.1. The van der Waals surface area contributed by atoms with Crippen LogP contribution in [0.5, 0.6) is 17.2 Å². The summed E-state index contributed by atoms with van der Waals surface area (Å²) in [4.78, 5) is 45.5. The monoisotopic (exact) mass is 708 g/mol. The molecule has 12 heteroatoms. The number of carbonyl (C=O) groups excluding carboxylic acids is 3. The second kappa shape index (κ2) is 17.2. The first kappa shape index (κ1) is 35.7. The van der Waals surface area contributed by atoms with Crippen LogP contribution in [0.15, 0.2) is 113 Å². The molecule has 5 aromatic rings. The number of nitrogens with one attached hydrogen (secondary N) is 3. The number of rotatable bonds is 14. The maximum atomic E-state index is 13.7. The molecule has 0 bridgehead atoms. The van der Waals surface area contributed by atoms with Crippen molar-refractivity contribution in [3.8, 4) is 28.5 Å². The van der Waals surface area contributed by atoms with Gasteiger partial charge in [-0.2, -0.15) is 0 Å². The lowest BCUT2D eigenvalue weighted by Crippen LogP contribution is -2.30. The van der Waals surface area contributed by atoms with Gasteiger partial charge in [-0.15, -0.1) is 23.1 Å². The molecule has 1 aromatic heterocycles. The number of ether oxygens (including phenoxy) is 3. The van der Waals surface area contributed by atoms with Crippen LogP contribution < -0.4 is 30.2 Å². The van der Waals surface area contributed by atoms with Crippen LogP contribution in [0.3, 0.4) is 0 Å². The Morgan fingerprint density at radius 3 is 2.36 bits per heavy atom. The third-order valence-electron chi connectivity index (χ3n) is 7.38. The molecule has 0 fully saturated rings. The smallest absolute Gasteiger partial charge is 0.272 e. The molecule has 50 heavy (non-hydrogen) atoms. The van der Waals surface area contributed by atoms with Gasteiger partial charge in [-0.25, -0.2) is 4.98 Å². The van der Waals surface area contributed by atoms with E-state index in [1.54, 1.807) is 79.9 Å². The van der Waals surface area contributed by atoms with Crippen LogP contribution in [-0.4, -0.2) is 49.3 Å². The summed E-state index contributed by atoms with van der Waals surface area (Å²) in [6.45, 7) is 1.94. The number of thioether (sulfide) groups is 1. The first-order chi connectivity index (χ1) is 24.3. The highest BCUT2D eigenvalue weighted by molar-refractivity contribution is 8.00. The Bertz CT molecular complexity index is 2000. The van der Waals surface area contributed by atoms with Crippen LogP contribution in [0.1, 0.15) is 29.3 Å².